The second-order valence-corrected chi connectivity index (χ2v) is 4.58. The number of hydrogen-bond acceptors (Lipinski definition) is 4. The van der Waals surface area contributed by atoms with Crippen LogP contribution in [-0.2, 0) is 11.3 Å². The lowest BCUT2D eigenvalue weighted by atomic mass is 10.1. The summed E-state index contributed by atoms with van der Waals surface area (Å²) in [5, 5.41) is 9.03. The molecule has 0 spiro atoms. The van der Waals surface area contributed by atoms with E-state index in [0.29, 0.717) is 11.8 Å². The highest BCUT2D eigenvalue weighted by molar-refractivity contribution is 5.30. The van der Waals surface area contributed by atoms with Crippen LogP contribution in [0.4, 0.5) is 0 Å². The molecule has 1 atom stereocenters. The van der Waals surface area contributed by atoms with Crippen LogP contribution >= 0.6 is 0 Å². The summed E-state index contributed by atoms with van der Waals surface area (Å²) in [5.41, 5.74) is 1.55. The third kappa shape index (κ3) is 3.28. The van der Waals surface area contributed by atoms with Gasteiger partial charge in [-0.15, -0.1) is 0 Å². The Kier molecular flexibility index (Phi) is 4.68. The predicted octanol–water partition coefficient (Wildman–Crippen LogP) is 1.95. The first-order valence-electron chi connectivity index (χ1n) is 6.51. The molecular weight excluding hydrogens is 226 g/mol. The fraction of sp³-hybridized carbons (Fsp3) is 0.571. The monoisotopic (exact) mass is 245 g/mol. The number of likely N-dealkylation sites (tertiary alicyclic amines) is 1. The van der Waals surface area contributed by atoms with Crippen LogP contribution in [0.1, 0.15) is 31.0 Å². The van der Waals surface area contributed by atoms with Crippen molar-refractivity contribution >= 4 is 0 Å². The Morgan fingerprint density at radius 2 is 2.50 bits per heavy atom. The first kappa shape index (κ1) is 13.0. The van der Waals surface area contributed by atoms with Gasteiger partial charge in [-0.05, 0) is 32.4 Å². The van der Waals surface area contributed by atoms with Crippen molar-refractivity contribution in [1.29, 1.82) is 5.26 Å². The molecule has 2 rings (SSSR count). The molecule has 0 aliphatic carbocycles. The van der Waals surface area contributed by atoms with Crippen LogP contribution in [0.2, 0.25) is 0 Å². The van der Waals surface area contributed by atoms with Crippen molar-refractivity contribution in [3.05, 3.63) is 29.6 Å². The van der Waals surface area contributed by atoms with E-state index in [9.17, 15) is 0 Å². The molecule has 1 unspecified atom stereocenters. The fourth-order valence-electron chi connectivity index (χ4n) is 2.44. The molecule has 0 N–H and O–H groups in total. The SMILES string of the molecule is CCOC1CCCN(Cc2cccnc2C#N)C1. The molecule has 0 amide bonds. The van der Waals surface area contributed by atoms with E-state index in [1.165, 1.54) is 0 Å². The molecule has 1 fully saturated rings. The first-order valence-corrected chi connectivity index (χ1v) is 6.51. The van der Waals surface area contributed by atoms with E-state index < -0.39 is 0 Å². The van der Waals surface area contributed by atoms with Crippen molar-refractivity contribution in [1.82, 2.24) is 9.88 Å². The van der Waals surface area contributed by atoms with Gasteiger partial charge in [0.25, 0.3) is 0 Å². The van der Waals surface area contributed by atoms with Gasteiger partial charge in [0, 0.05) is 31.5 Å². The van der Waals surface area contributed by atoms with Gasteiger partial charge in [0.2, 0.25) is 0 Å². The van der Waals surface area contributed by atoms with Gasteiger partial charge in [0.1, 0.15) is 11.8 Å². The van der Waals surface area contributed by atoms with Gasteiger partial charge in [-0.25, -0.2) is 4.98 Å². The maximum atomic E-state index is 9.03. The third-order valence-electron chi connectivity index (χ3n) is 3.26. The smallest absolute Gasteiger partial charge is 0.144 e. The first-order chi connectivity index (χ1) is 8.83. The standard InChI is InChI=1S/C14H19N3O/c1-2-18-13-6-4-8-17(11-13)10-12-5-3-7-16-14(12)9-15/h3,5,7,13H,2,4,6,8,10-11H2,1H3. The van der Waals surface area contributed by atoms with Crippen molar-refractivity contribution in [2.24, 2.45) is 0 Å². The van der Waals surface area contributed by atoms with Gasteiger partial charge in [0.05, 0.1) is 6.10 Å². The van der Waals surface area contributed by atoms with Gasteiger partial charge < -0.3 is 4.74 Å². The maximum absolute atomic E-state index is 9.03. The Bertz CT molecular complexity index is 425. The predicted molar refractivity (Wildman–Crippen MR) is 68.9 cm³/mol. The zero-order chi connectivity index (χ0) is 12.8. The topological polar surface area (TPSA) is 49.1 Å². The summed E-state index contributed by atoms with van der Waals surface area (Å²) in [6, 6.07) is 6.02. The fourth-order valence-corrected chi connectivity index (χ4v) is 2.44. The number of hydrogen-bond donors (Lipinski definition) is 0. The van der Waals surface area contributed by atoms with Crippen LogP contribution in [0.5, 0.6) is 0 Å². The van der Waals surface area contributed by atoms with Crippen molar-refractivity contribution in [3.63, 3.8) is 0 Å². The van der Waals surface area contributed by atoms with Crippen molar-refractivity contribution < 1.29 is 4.74 Å². The Labute approximate surface area is 108 Å². The lowest BCUT2D eigenvalue weighted by Gasteiger charge is -2.32. The van der Waals surface area contributed by atoms with Crippen LogP contribution in [0.15, 0.2) is 18.3 Å². The van der Waals surface area contributed by atoms with E-state index in [-0.39, 0.29) is 0 Å². The van der Waals surface area contributed by atoms with Crippen LogP contribution in [-0.4, -0.2) is 35.7 Å². The van der Waals surface area contributed by atoms with Crippen LogP contribution in [0.25, 0.3) is 0 Å². The van der Waals surface area contributed by atoms with Gasteiger partial charge in [-0.3, -0.25) is 4.90 Å². The lowest BCUT2D eigenvalue weighted by Crippen LogP contribution is -2.39. The average Bonchev–Trinajstić information content (AvgIpc) is 2.40. The summed E-state index contributed by atoms with van der Waals surface area (Å²) in [4.78, 5) is 6.45. The van der Waals surface area contributed by atoms with Gasteiger partial charge >= 0.3 is 0 Å². The second-order valence-electron chi connectivity index (χ2n) is 4.58. The summed E-state index contributed by atoms with van der Waals surface area (Å²) < 4.78 is 5.69. The Morgan fingerprint density at radius 3 is 3.28 bits per heavy atom. The number of pyridine rings is 1. The molecule has 2 heterocycles. The number of rotatable bonds is 4. The van der Waals surface area contributed by atoms with Crippen LogP contribution < -0.4 is 0 Å². The number of aromatic nitrogens is 1. The largest absolute Gasteiger partial charge is 0.377 e. The molecule has 0 saturated carbocycles. The average molecular weight is 245 g/mol. The van der Waals surface area contributed by atoms with Gasteiger partial charge in [-0.2, -0.15) is 5.26 Å². The van der Waals surface area contributed by atoms with E-state index in [2.05, 4.69) is 16.0 Å². The molecule has 0 bridgehead atoms. The Balaban J connectivity index is 1.98. The Hall–Kier alpha value is -1.44. The maximum Gasteiger partial charge on any atom is 0.144 e. The molecule has 1 aromatic rings. The van der Waals surface area contributed by atoms with E-state index in [1.807, 2.05) is 19.1 Å². The molecule has 18 heavy (non-hydrogen) atoms. The molecular formula is C14H19N3O. The van der Waals surface area contributed by atoms with Crippen LogP contribution in [0, 0.1) is 11.3 Å². The molecule has 0 radical (unpaired) electrons. The lowest BCUT2D eigenvalue weighted by molar-refractivity contribution is 0.00358. The molecule has 0 aromatic carbocycles. The van der Waals surface area contributed by atoms with Crippen molar-refractivity contribution in [3.8, 4) is 6.07 Å². The van der Waals surface area contributed by atoms with Crippen molar-refractivity contribution in [2.75, 3.05) is 19.7 Å². The number of nitrogens with zero attached hydrogens (tertiary/aromatic N) is 3. The van der Waals surface area contributed by atoms with Gasteiger partial charge in [0.15, 0.2) is 0 Å². The highest BCUT2D eigenvalue weighted by atomic mass is 16.5. The number of piperidine rings is 1. The summed E-state index contributed by atoms with van der Waals surface area (Å²) in [7, 11) is 0. The zero-order valence-corrected chi connectivity index (χ0v) is 10.8. The van der Waals surface area contributed by atoms with E-state index in [4.69, 9.17) is 10.00 Å². The molecule has 1 aliphatic rings. The van der Waals surface area contributed by atoms with E-state index >= 15 is 0 Å². The molecule has 96 valence electrons. The minimum atomic E-state index is 0.339. The van der Waals surface area contributed by atoms with Crippen molar-refractivity contribution in [2.45, 2.75) is 32.4 Å². The molecule has 4 nitrogen and oxygen atoms in total. The Morgan fingerprint density at radius 1 is 1.61 bits per heavy atom. The summed E-state index contributed by atoms with van der Waals surface area (Å²) in [6.45, 7) is 5.62. The molecule has 1 aromatic heterocycles. The summed E-state index contributed by atoms with van der Waals surface area (Å²) in [5.74, 6) is 0. The summed E-state index contributed by atoms with van der Waals surface area (Å²) in [6.07, 6.45) is 4.31. The summed E-state index contributed by atoms with van der Waals surface area (Å²) >= 11 is 0. The quantitative estimate of drug-likeness (QED) is 0.813. The highest BCUT2D eigenvalue weighted by Crippen LogP contribution is 2.16. The number of nitriles is 1. The molecule has 4 heteroatoms. The molecule has 1 aliphatic heterocycles. The number of ether oxygens (including phenoxy) is 1. The third-order valence-corrected chi connectivity index (χ3v) is 3.26. The zero-order valence-electron chi connectivity index (χ0n) is 10.8. The van der Waals surface area contributed by atoms with E-state index in [0.717, 1.165) is 44.6 Å². The van der Waals surface area contributed by atoms with E-state index in [1.54, 1.807) is 6.20 Å². The normalized spacial score (nSPS) is 20.6. The minimum absolute atomic E-state index is 0.339. The second kappa shape index (κ2) is 6.48. The highest BCUT2D eigenvalue weighted by Gasteiger charge is 2.20. The van der Waals surface area contributed by atoms with Gasteiger partial charge in [-0.1, -0.05) is 6.07 Å². The molecule has 1 saturated heterocycles. The minimum Gasteiger partial charge on any atom is -0.377 e. The van der Waals surface area contributed by atoms with Crippen LogP contribution in [0.3, 0.4) is 0 Å².